The average Bonchev–Trinajstić information content (AvgIpc) is 3.11. The zero-order valence-electron chi connectivity index (χ0n) is 14.4. The van der Waals surface area contributed by atoms with Gasteiger partial charge >= 0.3 is 5.97 Å². The van der Waals surface area contributed by atoms with E-state index in [4.69, 9.17) is 9.47 Å². The summed E-state index contributed by atoms with van der Waals surface area (Å²) < 4.78 is 10.3. The quantitative estimate of drug-likeness (QED) is 0.590. The predicted octanol–water partition coefficient (Wildman–Crippen LogP) is 2.86. The molecule has 2 aromatic carbocycles. The minimum atomic E-state index is -0.636. The molecule has 6 nitrogen and oxygen atoms in total. The highest BCUT2D eigenvalue weighted by molar-refractivity contribution is 6.05. The van der Waals surface area contributed by atoms with Gasteiger partial charge in [-0.2, -0.15) is 0 Å². The molecular formula is C20H19NO5. The van der Waals surface area contributed by atoms with Gasteiger partial charge in [0.15, 0.2) is 6.61 Å². The van der Waals surface area contributed by atoms with Crippen LogP contribution in [0.25, 0.3) is 0 Å². The lowest BCUT2D eigenvalue weighted by molar-refractivity contribution is -0.117. The van der Waals surface area contributed by atoms with Crippen LogP contribution in [0.1, 0.15) is 33.6 Å². The molecule has 1 fully saturated rings. The fourth-order valence-electron chi connectivity index (χ4n) is 2.95. The van der Waals surface area contributed by atoms with Crippen LogP contribution in [0, 0.1) is 0 Å². The van der Waals surface area contributed by atoms with Crippen LogP contribution >= 0.6 is 0 Å². The van der Waals surface area contributed by atoms with E-state index in [1.165, 1.54) is 7.11 Å². The molecule has 0 bridgehead atoms. The third kappa shape index (κ3) is 3.59. The molecule has 0 unspecified atom stereocenters. The van der Waals surface area contributed by atoms with Crippen molar-refractivity contribution in [3.8, 4) is 5.75 Å². The first-order valence-electron chi connectivity index (χ1n) is 8.34. The first-order chi connectivity index (χ1) is 12.6. The van der Waals surface area contributed by atoms with Gasteiger partial charge in [0, 0.05) is 13.0 Å². The number of Topliss-reactive ketones (excluding diaryl/α,β-unsaturated/α-hetero) is 1. The number of amides is 1. The zero-order valence-corrected chi connectivity index (χ0v) is 14.4. The van der Waals surface area contributed by atoms with Gasteiger partial charge in [0.25, 0.3) is 0 Å². The molecule has 1 heterocycles. The summed E-state index contributed by atoms with van der Waals surface area (Å²) in [7, 11) is 1.47. The number of carbonyl (C=O) groups excluding carboxylic acids is 3. The Bertz CT molecular complexity index is 846. The lowest BCUT2D eigenvalue weighted by atomic mass is 10.1. The number of carbonyl (C=O) groups is 3. The monoisotopic (exact) mass is 353 g/mol. The second-order valence-corrected chi connectivity index (χ2v) is 5.87. The van der Waals surface area contributed by atoms with Crippen molar-refractivity contribution in [1.82, 2.24) is 0 Å². The molecule has 2 aromatic rings. The first-order valence-corrected chi connectivity index (χ1v) is 8.34. The third-order valence-corrected chi connectivity index (χ3v) is 4.23. The summed E-state index contributed by atoms with van der Waals surface area (Å²) in [5.74, 6) is -0.582. The normalized spacial score (nSPS) is 13.6. The average molecular weight is 353 g/mol. The Morgan fingerprint density at radius 2 is 1.73 bits per heavy atom. The van der Waals surface area contributed by atoms with Crippen molar-refractivity contribution in [2.75, 3.05) is 25.2 Å². The van der Waals surface area contributed by atoms with Crippen LogP contribution in [0.2, 0.25) is 0 Å². The number of para-hydroxylation sites is 2. The number of benzene rings is 2. The second-order valence-electron chi connectivity index (χ2n) is 5.87. The van der Waals surface area contributed by atoms with Gasteiger partial charge in [-0.05, 0) is 30.7 Å². The van der Waals surface area contributed by atoms with Gasteiger partial charge in [-0.1, -0.05) is 24.3 Å². The summed E-state index contributed by atoms with van der Waals surface area (Å²) in [6.45, 7) is 0.171. The van der Waals surface area contributed by atoms with Crippen molar-refractivity contribution in [3.63, 3.8) is 0 Å². The number of ether oxygens (including phenoxy) is 2. The van der Waals surface area contributed by atoms with Crippen molar-refractivity contribution in [2.45, 2.75) is 12.8 Å². The molecular weight excluding hydrogens is 334 g/mol. The van der Waals surface area contributed by atoms with Crippen LogP contribution in [0.3, 0.4) is 0 Å². The van der Waals surface area contributed by atoms with E-state index in [1.54, 1.807) is 53.4 Å². The summed E-state index contributed by atoms with van der Waals surface area (Å²) in [5, 5.41) is 0. The number of methoxy groups -OCH3 is 1. The molecule has 0 atom stereocenters. The molecule has 0 aromatic heterocycles. The Labute approximate surface area is 151 Å². The van der Waals surface area contributed by atoms with Gasteiger partial charge in [-0.25, -0.2) is 4.79 Å². The molecule has 1 aliphatic rings. The predicted molar refractivity (Wildman–Crippen MR) is 95.6 cm³/mol. The number of rotatable bonds is 6. The molecule has 26 heavy (non-hydrogen) atoms. The fourth-order valence-corrected chi connectivity index (χ4v) is 2.95. The number of hydrogen-bond donors (Lipinski definition) is 0. The summed E-state index contributed by atoms with van der Waals surface area (Å²) in [4.78, 5) is 38.4. The van der Waals surface area contributed by atoms with Crippen LogP contribution in [-0.4, -0.2) is 37.9 Å². The van der Waals surface area contributed by atoms with E-state index < -0.39 is 12.6 Å². The number of nitrogens with zero attached hydrogens (tertiary/aromatic N) is 1. The standard InChI is InChI=1S/C20H19NO5/c1-25-18-10-5-3-8-15(18)17(22)13-26-20(24)14-7-2-4-9-16(14)21-12-6-11-19(21)23/h2-5,7-10H,6,11-13H2,1H3. The van der Waals surface area contributed by atoms with Gasteiger partial charge in [0.05, 0.1) is 23.9 Å². The smallest absolute Gasteiger partial charge is 0.340 e. The highest BCUT2D eigenvalue weighted by atomic mass is 16.5. The van der Waals surface area contributed by atoms with Gasteiger partial charge in [0.1, 0.15) is 5.75 Å². The molecule has 0 spiro atoms. The van der Waals surface area contributed by atoms with Crippen molar-refractivity contribution in [2.24, 2.45) is 0 Å². The largest absolute Gasteiger partial charge is 0.496 e. The number of esters is 1. The Morgan fingerprint density at radius 3 is 2.42 bits per heavy atom. The molecule has 1 aliphatic heterocycles. The van der Waals surface area contributed by atoms with Crippen molar-refractivity contribution >= 4 is 23.3 Å². The molecule has 1 saturated heterocycles. The van der Waals surface area contributed by atoms with E-state index in [-0.39, 0.29) is 17.3 Å². The molecule has 0 aliphatic carbocycles. The Kier molecular flexibility index (Phi) is 5.31. The molecule has 3 rings (SSSR count). The van der Waals surface area contributed by atoms with E-state index in [1.807, 2.05) is 0 Å². The van der Waals surface area contributed by atoms with Crippen LogP contribution < -0.4 is 9.64 Å². The lowest BCUT2D eigenvalue weighted by Gasteiger charge is -2.18. The van der Waals surface area contributed by atoms with Crippen molar-refractivity contribution in [3.05, 3.63) is 59.7 Å². The lowest BCUT2D eigenvalue weighted by Crippen LogP contribution is -2.26. The molecule has 134 valence electrons. The van der Waals surface area contributed by atoms with Crippen LogP contribution in [0.5, 0.6) is 5.75 Å². The molecule has 6 heteroatoms. The number of ketones is 1. The Hall–Kier alpha value is -3.15. The summed E-state index contributed by atoms with van der Waals surface area (Å²) in [6.07, 6.45) is 1.23. The molecule has 0 saturated carbocycles. The minimum Gasteiger partial charge on any atom is -0.496 e. The van der Waals surface area contributed by atoms with Gasteiger partial charge in [-0.15, -0.1) is 0 Å². The number of hydrogen-bond acceptors (Lipinski definition) is 5. The second kappa shape index (κ2) is 7.82. The van der Waals surface area contributed by atoms with Gasteiger partial charge in [0.2, 0.25) is 11.7 Å². The van der Waals surface area contributed by atoms with Gasteiger partial charge in [-0.3, -0.25) is 9.59 Å². The maximum atomic E-state index is 12.5. The highest BCUT2D eigenvalue weighted by Crippen LogP contribution is 2.26. The van der Waals surface area contributed by atoms with E-state index in [0.29, 0.717) is 30.0 Å². The van der Waals surface area contributed by atoms with E-state index in [0.717, 1.165) is 6.42 Å². The molecule has 0 radical (unpaired) electrons. The van der Waals surface area contributed by atoms with Crippen molar-refractivity contribution in [1.29, 1.82) is 0 Å². The van der Waals surface area contributed by atoms with Crippen molar-refractivity contribution < 1.29 is 23.9 Å². The SMILES string of the molecule is COc1ccccc1C(=O)COC(=O)c1ccccc1N1CCCC1=O. The fraction of sp³-hybridized carbons (Fsp3) is 0.250. The minimum absolute atomic E-state index is 0.0182. The van der Waals surface area contributed by atoms with Crippen LogP contribution in [-0.2, 0) is 9.53 Å². The van der Waals surface area contributed by atoms with Crippen LogP contribution in [0.15, 0.2) is 48.5 Å². The Balaban J connectivity index is 1.73. The summed E-state index contributed by atoms with van der Waals surface area (Å²) >= 11 is 0. The van der Waals surface area contributed by atoms with E-state index in [2.05, 4.69) is 0 Å². The van der Waals surface area contributed by atoms with E-state index >= 15 is 0 Å². The summed E-state index contributed by atoms with van der Waals surface area (Å²) in [6, 6.07) is 13.5. The summed E-state index contributed by atoms with van der Waals surface area (Å²) in [5.41, 5.74) is 1.14. The molecule has 0 N–H and O–H groups in total. The first kappa shape index (κ1) is 17.7. The maximum absolute atomic E-state index is 12.5. The Morgan fingerprint density at radius 1 is 1.04 bits per heavy atom. The third-order valence-electron chi connectivity index (χ3n) is 4.23. The zero-order chi connectivity index (χ0) is 18.5. The van der Waals surface area contributed by atoms with Gasteiger partial charge < -0.3 is 14.4 Å². The molecule has 1 amide bonds. The van der Waals surface area contributed by atoms with E-state index in [9.17, 15) is 14.4 Å². The topological polar surface area (TPSA) is 72.9 Å². The number of anilines is 1. The highest BCUT2D eigenvalue weighted by Gasteiger charge is 2.26. The van der Waals surface area contributed by atoms with Crippen LogP contribution in [0.4, 0.5) is 5.69 Å². The maximum Gasteiger partial charge on any atom is 0.340 e.